The van der Waals surface area contributed by atoms with Gasteiger partial charge in [-0.2, -0.15) is 0 Å². The number of nitrogens with one attached hydrogen (secondary N) is 1. The van der Waals surface area contributed by atoms with Gasteiger partial charge in [-0.3, -0.25) is 13.9 Å². The van der Waals surface area contributed by atoms with E-state index in [9.17, 15) is 22.4 Å². The maximum Gasteiger partial charge on any atom is 0.243 e. The molecule has 0 heterocycles. The molecule has 0 aliphatic heterocycles. The highest BCUT2D eigenvalue weighted by atomic mass is 35.5. The van der Waals surface area contributed by atoms with Gasteiger partial charge >= 0.3 is 0 Å². The van der Waals surface area contributed by atoms with Gasteiger partial charge in [-0.05, 0) is 66.8 Å². The molecule has 1 aliphatic rings. The highest BCUT2D eigenvalue weighted by Gasteiger charge is 2.32. The second-order valence-corrected chi connectivity index (χ2v) is 13.1. The highest BCUT2D eigenvalue weighted by Crippen LogP contribution is 2.23. The largest absolute Gasteiger partial charge is 0.352 e. The monoisotopic (exact) mass is 613 g/mol. The normalized spacial score (nSPS) is 14.4. The molecule has 0 spiro atoms. The van der Waals surface area contributed by atoms with Gasteiger partial charge in [0.1, 0.15) is 11.9 Å². The Labute approximate surface area is 252 Å². The molecule has 1 aliphatic carbocycles. The Kier molecular flexibility index (Phi) is 11.0. The molecule has 3 aromatic rings. The van der Waals surface area contributed by atoms with Crippen molar-refractivity contribution in [3.05, 3.63) is 101 Å². The van der Waals surface area contributed by atoms with Gasteiger partial charge in [0.15, 0.2) is 0 Å². The van der Waals surface area contributed by atoms with E-state index in [1.165, 1.54) is 16.4 Å². The number of nitrogens with zero attached hydrogens (tertiary/aromatic N) is 2. The summed E-state index contributed by atoms with van der Waals surface area (Å²) >= 11 is 5.98. The molecule has 1 atom stereocenters. The number of hydrogen-bond donors (Lipinski definition) is 1. The summed E-state index contributed by atoms with van der Waals surface area (Å²) in [4.78, 5) is 29.2. The van der Waals surface area contributed by atoms with Crippen molar-refractivity contribution in [2.45, 2.75) is 63.6 Å². The fourth-order valence-electron chi connectivity index (χ4n) is 5.32. The van der Waals surface area contributed by atoms with Gasteiger partial charge in [0, 0.05) is 37.0 Å². The number of amides is 2. The zero-order chi connectivity index (χ0) is 30.1. The van der Waals surface area contributed by atoms with E-state index in [0.717, 1.165) is 37.5 Å². The van der Waals surface area contributed by atoms with Crippen LogP contribution < -0.4 is 9.62 Å². The van der Waals surface area contributed by atoms with E-state index in [2.05, 4.69) is 5.32 Å². The maximum atomic E-state index is 13.9. The van der Waals surface area contributed by atoms with E-state index in [0.29, 0.717) is 22.7 Å². The lowest BCUT2D eigenvalue weighted by atomic mass is 10.0. The number of carbonyl (C=O) groups is 2. The van der Waals surface area contributed by atoms with Gasteiger partial charge in [0.05, 0.1) is 11.9 Å². The Balaban J connectivity index is 1.57. The number of anilines is 1. The Bertz CT molecular complexity index is 1430. The number of rotatable bonds is 13. The molecular formula is C32H37ClFN3O4S. The lowest BCUT2D eigenvalue weighted by Crippen LogP contribution is -2.52. The van der Waals surface area contributed by atoms with Crippen molar-refractivity contribution in [3.8, 4) is 0 Å². The van der Waals surface area contributed by atoms with Crippen molar-refractivity contribution >= 4 is 39.1 Å². The van der Waals surface area contributed by atoms with Gasteiger partial charge < -0.3 is 10.2 Å². The standard InChI is InChI=1S/C32H37ClFN3O4S/c1-42(40,41)37(29-19-15-26(33)16-20-29)21-7-12-31(38)36(23-25-13-17-27(34)18-14-25)30(22-24-8-3-2-4-9-24)32(39)35-28-10-5-6-11-28/h2-4,8-9,13-20,28,30H,5-7,10-12,21-23H2,1H3,(H,35,39). The van der Waals surface area contributed by atoms with Crippen LogP contribution in [0.1, 0.15) is 49.7 Å². The second-order valence-electron chi connectivity index (χ2n) is 10.8. The summed E-state index contributed by atoms with van der Waals surface area (Å²) < 4.78 is 40.1. The molecule has 0 saturated heterocycles. The predicted molar refractivity (Wildman–Crippen MR) is 164 cm³/mol. The van der Waals surface area contributed by atoms with Crippen LogP contribution in [0.5, 0.6) is 0 Å². The zero-order valence-electron chi connectivity index (χ0n) is 23.7. The minimum atomic E-state index is -3.62. The van der Waals surface area contributed by atoms with Crippen molar-refractivity contribution in [1.29, 1.82) is 0 Å². The maximum absolute atomic E-state index is 13.9. The van der Waals surface area contributed by atoms with Crippen LogP contribution in [0.15, 0.2) is 78.9 Å². The second kappa shape index (κ2) is 14.6. The molecule has 3 aromatic carbocycles. The average molecular weight is 614 g/mol. The first-order valence-electron chi connectivity index (χ1n) is 14.2. The third-order valence-electron chi connectivity index (χ3n) is 7.51. The molecule has 4 rings (SSSR count). The first-order valence-corrected chi connectivity index (χ1v) is 16.4. The molecule has 1 saturated carbocycles. The molecule has 7 nitrogen and oxygen atoms in total. The van der Waals surface area contributed by atoms with Crippen molar-refractivity contribution in [2.24, 2.45) is 0 Å². The van der Waals surface area contributed by atoms with E-state index in [1.807, 2.05) is 30.3 Å². The minimum absolute atomic E-state index is 0.0167. The van der Waals surface area contributed by atoms with E-state index < -0.39 is 16.1 Å². The Morgan fingerprint density at radius 1 is 0.952 bits per heavy atom. The SMILES string of the molecule is CS(=O)(=O)N(CCCC(=O)N(Cc1ccc(F)cc1)C(Cc1ccccc1)C(=O)NC1CCCC1)c1ccc(Cl)cc1. The predicted octanol–water partition coefficient (Wildman–Crippen LogP) is 5.72. The smallest absolute Gasteiger partial charge is 0.243 e. The summed E-state index contributed by atoms with van der Waals surface area (Å²) in [5.74, 6) is -0.897. The van der Waals surface area contributed by atoms with Gasteiger partial charge in [-0.15, -0.1) is 0 Å². The molecule has 0 radical (unpaired) electrons. The molecule has 224 valence electrons. The third kappa shape index (κ3) is 9.03. The Morgan fingerprint density at radius 2 is 1.60 bits per heavy atom. The number of carbonyl (C=O) groups excluding carboxylic acids is 2. The van der Waals surface area contributed by atoms with Crippen LogP contribution in [0.4, 0.5) is 10.1 Å². The number of benzene rings is 3. The zero-order valence-corrected chi connectivity index (χ0v) is 25.3. The van der Waals surface area contributed by atoms with Gasteiger partial charge in [0.25, 0.3) is 0 Å². The van der Waals surface area contributed by atoms with Crippen LogP contribution in [0.2, 0.25) is 5.02 Å². The van der Waals surface area contributed by atoms with Crippen molar-refractivity contribution in [1.82, 2.24) is 10.2 Å². The molecule has 2 amide bonds. The molecule has 0 aromatic heterocycles. The summed E-state index contributed by atoms with van der Waals surface area (Å²) in [7, 11) is -3.62. The van der Waals surface area contributed by atoms with Crippen LogP contribution in [0.3, 0.4) is 0 Å². The first kappa shape index (κ1) is 31.5. The molecule has 1 unspecified atom stereocenters. The summed E-state index contributed by atoms with van der Waals surface area (Å²) in [6.45, 7) is 0.190. The summed E-state index contributed by atoms with van der Waals surface area (Å²) in [6.07, 6.45) is 5.59. The average Bonchev–Trinajstić information content (AvgIpc) is 3.47. The number of halogens is 2. The van der Waals surface area contributed by atoms with Gasteiger partial charge in [-0.1, -0.05) is 66.9 Å². The lowest BCUT2D eigenvalue weighted by Gasteiger charge is -2.33. The summed E-state index contributed by atoms with van der Waals surface area (Å²) in [6, 6.07) is 21.1. The summed E-state index contributed by atoms with van der Waals surface area (Å²) in [5, 5.41) is 3.64. The molecule has 42 heavy (non-hydrogen) atoms. The molecule has 1 N–H and O–H groups in total. The fraction of sp³-hybridized carbons (Fsp3) is 0.375. The molecular weight excluding hydrogens is 577 g/mol. The quantitative estimate of drug-likeness (QED) is 0.267. The van der Waals surface area contributed by atoms with Gasteiger partial charge in [-0.25, -0.2) is 12.8 Å². The van der Waals surface area contributed by atoms with Crippen LogP contribution in [-0.2, 0) is 32.6 Å². The summed E-state index contributed by atoms with van der Waals surface area (Å²) in [5.41, 5.74) is 2.05. The Morgan fingerprint density at radius 3 is 2.21 bits per heavy atom. The molecule has 10 heteroatoms. The van der Waals surface area contributed by atoms with Crippen LogP contribution in [0.25, 0.3) is 0 Å². The fourth-order valence-corrected chi connectivity index (χ4v) is 6.41. The van der Waals surface area contributed by atoms with Crippen molar-refractivity contribution in [3.63, 3.8) is 0 Å². The highest BCUT2D eigenvalue weighted by molar-refractivity contribution is 7.92. The molecule has 0 bridgehead atoms. The third-order valence-corrected chi connectivity index (χ3v) is 8.95. The number of hydrogen-bond acceptors (Lipinski definition) is 4. The van der Waals surface area contributed by atoms with E-state index >= 15 is 0 Å². The van der Waals surface area contributed by atoms with Crippen LogP contribution in [0, 0.1) is 5.82 Å². The lowest BCUT2D eigenvalue weighted by molar-refractivity contribution is -0.141. The minimum Gasteiger partial charge on any atom is -0.352 e. The van der Waals surface area contributed by atoms with Crippen LogP contribution in [-0.4, -0.2) is 50.0 Å². The van der Waals surface area contributed by atoms with Crippen molar-refractivity contribution < 1.29 is 22.4 Å². The van der Waals surface area contributed by atoms with Crippen LogP contribution >= 0.6 is 11.6 Å². The Hall–Kier alpha value is -3.43. The van der Waals surface area contributed by atoms with E-state index in [1.54, 1.807) is 41.3 Å². The van der Waals surface area contributed by atoms with E-state index in [-0.39, 0.29) is 49.6 Å². The number of sulfonamides is 1. The first-order chi connectivity index (χ1) is 20.1. The molecule has 1 fully saturated rings. The van der Waals surface area contributed by atoms with Crippen molar-refractivity contribution in [2.75, 3.05) is 17.1 Å². The van der Waals surface area contributed by atoms with Gasteiger partial charge in [0.2, 0.25) is 21.8 Å². The topological polar surface area (TPSA) is 86.8 Å². The van der Waals surface area contributed by atoms with E-state index in [4.69, 9.17) is 11.6 Å².